The molecule has 9 nitrogen and oxygen atoms in total. The smallest absolute Gasteiger partial charge is 0.338 e. The summed E-state index contributed by atoms with van der Waals surface area (Å²) in [6.07, 6.45) is 0.0493. The number of esters is 2. The van der Waals surface area contributed by atoms with Crippen molar-refractivity contribution in [2.75, 3.05) is 11.9 Å². The lowest BCUT2D eigenvalue weighted by molar-refractivity contribution is -0.146. The summed E-state index contributed by atoms with van der Waals surface area (Å²) in [5.41, 5.74) is 7.54. The van der Waals surface area contributed by atoms with Crippen molar-refractivity contribution in [2.45, 2.75) is 52.3 Å². The van der Waals surface area contributed by atoms with Crippen LogP contribution >= 0.6 is 0 Å². The molecule has 2 aromatic carbocycles. The van der Waals surface area contributed by atoms with Gasteiger partial charge in [0.1, 0.15) is 12.6 Å². The molecule has 188 valence electrons. The minimum absolute atomic E-state index is 0.0847. The lowest BCUT2D eigenvalue weighted by Crippen LogP contribution is -2.51. The highest BCUT2D eigenvalue weighted by Gasteiger charge is 2.26. The van der Waals surface area contributed by atoms with Crippen LogP contribution in [0.4, 0.5) is 5.69 Å². The number of carbonyl (C=O) groups is 4. The molecular weight excluding hydrogens is 450 g/mol. The van der Waals surface area contributed by atoms with Crippen LogP contribution in [0.3, 0.4) is 0 Å². The van der Waals surface area contributed by atoms with Crippen molar-refractivity contribution in [2.24, 2.45) is 11.7 Å². The average molecular weight is 484 g/mol. The summed E-state index contributed by atoms with van der Waals surface area (Å²) in [6.45, 7) is 5.90. The van der Waals surface area contributed by atoms with Crippen LogP contribution in [0, 0.1) is 5.92 Å². The molecule has 2 rings (SSSR count). The molecule has 0 radical (unpaired) electrons. The summed E-state index contributed by atoms with van der Waals surface area (Å²) < 4.78 is 10.1. The summed E-state index contributed by atoms with van der Waals surface area (Å²) >= 11 is 0. The lowest BCUT2D eigenvalue weighted by Gasteiger charge is -2.22. The summed E-state index contributed by atoms with van der Waals surface area (Å²) in [6, 6.07) is 13.4. The number of rotatable bonds is 12. The fourth-order valence-electron chi connectivity index (χ4n) is 3.18. The Hall–Kier alpha value is -3.72. The zero-order valence-corrected chi connectivity index (χ0v) is 20.3. The van der Waals surface area contributed by atoms with Crippen LogP contribution in [0.1, 0.15) is 49.5 Å². The predicted octanol–water partition coefficient (Wildman–Crippen LogP) is 2.79. The number of ether oxygens (including phenoxy) is 2. The van der Waals surface area contributed by atoms with Gasteiger partial charge in [-0.25, -0.2) is 4.79 Å². The zero-order valence-electron chi connectivity index (χ0n) is 20.3. The Labute approximate surface area is 205 Å². The van der Waals surface area contributed by atoms with E-state index in [1.165, 1.54) is 0 Å². The van der Waals surface area contributed by atoms with Gasteiger partial charge in [0.15, 0.2) is 0 Å². The molecule has 2 atom stereocenters. The van der Waals surface area contributed by atoms with Gasteiger partial charge in [-0.15, -0.1) is 0 Å². The van der Waals surface area contributed by atoms with Gasteiger partial charge < -0.3 is 25.8 Å². The second-order valence-electron chi connectivity index (χ2n) is 8.43. The minimum Gasteiger partial charge on any atom is -0.462 e. The number of amides is 2. The van der Waals surface area contributed by atoms with Gasteiger partial charge in [-0.2, -0.15) is 0 Å². The molecule has 0 aliphatic heterocycles. The van der Waals surface area contributed by atoms with Crippen molar-refractivity contribution in [3.8, 4) is 0 Å². The Morgan fingerprint density at radius 3 is 2.17 bits per heavy atom. The van der Waals surface area contributed by atoms with E-state index in [4.69, 9.17) is 15.2 Å². The van der Waals surface area contributed by atoms with Gasteiger partial charge in [0, 0.05) is 5.69 Å². The van der Waals surface area contributed by atoms with Crippen LogP contribution in [0.15, 0.2) is 54.6 Å². The number of hydrogen-bond donors (Lipinski definition) is 3. The maximum Gasteiger partial charge on any atom is 0.338 e. The Kier molecular flexibility index (Phi) is 10.9. The van der Waals surface area contributed by atoms with E-state index in [1.54, 1.807) is 31.2 Å². The van der Waals surface area contributed by atoms with Crippen LogP contribution < -0.4 is 16.4 Å². The molecule has 0 fully saturated rings. The van der Waals surface area contributed by atoms with Gasteiger partial charge >= 0.3 is 11.9 Å². The highest BCUT2D eigenvalue weighted by atomic mass is 16.5. The van der Waals surface area contributed by atoms with E-state index in [9.17, 15) is 19.2 Å². The van der Waals surface area contributed by atoms with Crippen LogP contribution in [0.5, 0.6) is 0 Å². The Bertz CT molecular complexity index is 992. The SMILES string of the molecule is CCOC(=O)c1ccc(NC(=O)[C@H](CC(C)C)NC(=O)[C@H](N)CC(=O)OCc2ccccc2)cc1. The van der Waals surface area contributed by atoms with Crippen molar-refractivity contribution in [3.05, 3.63) is 65.7 Å². The molecular formula is C26H33N3O6. The summed E-state index contributed by atoms with van der Waals surface area (Å²) in [4.78, 5) is 49.3. The monoisotopic (exact) mass is 483 g/mol. The molecule has 0 aliphatic carbocycles. The first-order chi connectivity index (χ1) is 16.7. The molecule has 2 amide bonds. The summed E-state index contributed by atoms with van der Waals surface area (Å²) in [5, 5.41) is 5.37. The number of anilines is 1. The molecule has 0 spiro atoms. The predicted molar refractivity (Wildman–Crippen MR) is 131 cm³/mol. The molecule has 0 aromatic heterocycles. The first-order valence-electron chi connectivity index (χ1n) is 11.5. The molecule has 0 unspecified atom stereocenters. The van der Waals surface area contributed by atoms with Crippen molar-refractivity contribution >= 4 is 29.4 Å². The molecule has 4 N–H and O–H groups in total. The third kappa shape index (κ3) is 9.58. The number of nitrogens with one attached hydrogen (secondary N) is 2. The van der Waals surface area contributed by atoms with Crippen LogP contribution in [0.2, 0.25) is 0 Å². The lowest BCUT2D eigenvalue weighted by atomic mass is 10.0. The first-order valence-corrected chi connectivity index (χ1v) is 11.5. The number of nitrogens with two attached hydrogens (primary N) is 1. The van der Waals surface area contributed by atoms with E-state index in [2.05, 4.69) is 10.6 Å². The van der Waals surface area contributed by atoms with E-state index in [1.807, 2.05) is 44.2 Å². The quantitative estimate of drug-likeness (QED) is 0.395. The number of carbonyl (C=O) groups excluding carboxylic acids is 4. The highest BCUT2D eigenvalue weighted by molar-refractivity contribution is 5.98. The third-order valence-electron chi connectivity index (χ3n) is 4.97. The molecule has 2 aromatic rings. The third-order valence-corrected chi connectivity index (χ3v) is 4.97. The Balaban J connectivity index is 1.92. The van der Waals surface area contributed by atoms with Gasteiger partial charge in [-0.1, -0.05) is 44.2 Å². The Morgan fingerprint density at radius 2 is 1.57 bits per heavy atom. The van der Waals surface area contributed by atoms with Gasteiger partial charge in [-0.3, -0.25) is 14.4 Å². The molecule has 9 heteroatoms. The molecule has 0 saturated heterocycles. The second-order valence-corrected chi connectivity index (χ2v) is 8.43. The van der Waals surface area contributed by atoms with E-state index in [0.29, 0.717) is 17.7 Å². The topological polar surface area (TPSA) is 137 Å². The molecule has 0 saturated carbocycles. The van der Waals surface area contributed by atoms with E-state index >= 15 is 0 Å². The fourth-order valence-corrected chi connectivity index (χ4v) is 3.18. The van der Waals surface area contributed by atoms with Crippen LogP contribution in [-0.2, 0) is 30.5 Å². The maximum absolute atomic E-state index is 12.9. The molecule has 35 heavy (non-hydrogen) atoms. The first kappa shape index (κ1) is 27.5. The maximum atomic E-state index is 12.9. The summed E-state index contributed by atoms with van der Waals surface area (Å²) in [7, 11) is 0. The van der Waals surface area contributed by atoms with Crippen LogP contribution in [-0.4, -0.2) is 42.4 Å². The van der Waals surface area contributed by atoms with Crippen molar-refractivity contribution in [1.82, 2.24) is 5.32 Å². The largest absolute Gasteiger partial charge is 0.462 e. The standard InChI is InChI=1S/C26H33N3O6/c1-4-34-26(33)19-10-12-20(13-11-19)28-25(32)22(14-17(2)3)29-24(31)21(27)15-23(30)35-16-18-8-6-5-7-9-18/h5-13,17,21-22H,4,14-16,27H2,1-3H3,(H,28,32)(H,29,31)/t21-,22+/m1/s1. The van der Waals surface area contributed by atoms with Gasteiger partial charge in [0.05, 0.1) is 24.6 Å². The fraction of sp³-hybridized carbons (Fsp3) is 0.385. The molecule has 0 bridgehead atoms. The van der Waals surface area contributed by atoms with Gasteiger partial charge in [0.2, 0.25) is 11.8 Å². The second kappa shape index (κ2) is 13.9. The van der Waals surface area contributed by atoms with Crippen molar-refractivity contribution < 1.29 is 28.7 Å². The average Bonchev–Trinajstić information content (AvgIpc) is 2.83. The van der Waals surface area contributed by atoms with E-state index in [0.717, 1.165) is 5.56 Å². The highest BCUT2D eigenvalue weighted by Crippen LogP contribution is 2.13. The zero-order chi connectivity index (χ0) is 25.8. The van der Waals surface area contributed by atoms with E-state index < -0.39 is 35.8 Å². The molecule has 0 heterocycles. The number of hydrogen-bond acceptors (Lipinski definition) is 7. The van der Waals surface area contributed by atoms with Crippen molar-refractivity contribution in [1.29, 1.82) is 0 Å². The minimum atomic E-state index is -1.16. The Morgan fingerprint density at radius 1 is 0.914 bits per heavy atom. The van der Waals surface area contributed by atoms with Crippen molar-refractivity contribution in [3.63, 3.8) is 0 Å². The normalized spacial score (nSPS) is 12.4. The van der Waals surface area contributed by atoms with Gasteiger partial charge in [0.25, 0.3) is 0 Å². The number of benzene rings is 2. The van der Waals surface area contributed by atoms with Crippen LogP contribution in [0.25, 0.3) is 0 Å². The molecule has 0 aliphatic rings. The van der Waals surface area contributed by atoms with Gasteiger partial charge in [-0.05, 0) is 49.1 Å². The summed E-state index contributed by atoms with van der Waals surface area (Å²) in [5.74, 6) is -2.02. The van der Waals surface area contributed by atoms with E-state index in [-0.39, 0.29) is 25.6 Å².